The molecule has 6 nitrogen and oxygen atoms in total. The molecule has 0 aliphatic rings. The van der Waals surface area contributed by atoms with Gasteiger partial charge in [0.25, 0.3) is 10.0 Å². The Kier molecular flexibility index (Phi) is 5.10. The predicted octanol–water partition coefficient (Wildman–Crippen LogP) is 2.91. The predicted molar refractivity (Wildman–Crippen MR) is 79.0 cm³/mol. The summed E-state index contributed by atoms with van der Waals surface area (Å²) in [7, 11) is -3.99. The smallest absolute Gasteiger partial charge is 0.278 e. The molecule has 1 N–H and O–H groups in total. The highest BCUT2D eigenvalue weighted by Crippen LogP contribution is 2.33. The van der Waals surface area contributed by atoms with Gasteiger partial charge in [0.05, 0.1) is 5.69 Å². The van der Waals surface area contributed by atoms with Crippen LogP contribution >= 0.6 is 0 Å². The molecule has 0 amide bonds. The molecule has 0 fully saturated rings. The Bertz CT molecular complexity index is 568. The lowest BCUT2D eigenvalue weighted by Crippen LogP contribution is -2.23. The van der Waals surface area contributed by atoms with Crippen LogP contribution in [-0.2, 0) is 10.0 Å². The van der Waals surface area contributed by atoms with E-state index in [0.717, 1.165) is 11.1 Å². The number of para-hydroxylation sites is 1. The number of benzene rings is 1. The Morgan fingerprint density at radius 1 is 1.15 bits per heavy atom. The normalized spacial score (nSPS) is 11.9. The van der Waals surface area contributed by atoms with Crippen molar-refractivity contribution in [3.63, 3.8) is 0 Å². The van der Waals surface area contributed by atoms with Gasteiger partial charge in [0.15, 0.2) is 0 Å². The van der Waals surface area contributed by atoms with Gasteiger partial charge in [-0.25, -0.2) is 0 Å². The van der Waals surface area contributed by atoms with Gasteiger partial charge in [-0.05, 0) is 23.0 Å². The van der Waals surface area contributed by atoms with Crippen LogP contribution in [0.25, 0.3) is 0 Å². The molecule has 0 saturated heterocycles. The number of rotatable bonds is 6. The molecule has 1 aromatic carbocycles. The second-order valence-electron chi connectivity index (χ2n) is 5.30. The summed E-state index contributed by atoms with van der Waals surface area (Å²) in [6, 6.07) is 5.54. The highest BCUT2D eigenvalue weighted by atomic mass is 32.2. The van der Waals surface area contributed by atoms with Gasteiger partial charge in [-0.2, -0.15) is 8.42 Å². The summed E-state index contributed by atoms with van der Waals surface area (Å²) in [5.74, 6) is -0.902. The van der Waals surface area contributed by atoms with E-state index in [1.807, 2.05) is 45.9 Å². The monoisotopic (exact) mass is 300 g/mol. The molecule has 0 saturated carbocycles. The average Bonchev–Trinajstić information content (AvgIpc) is 2.25. The van der Waals surface area contributed by atoms with Gasteiger partial charge in [-0.1, -0.05) is 45.9 Å². The zero-order valence-corrected chi connectivity index (χ0v) is 12.9. The molecule has 0 spiro atoms. The van der Waals surface area contributed by atoms with Crippen molar-refractivity contribution in [1.29, 1.82) is 0 Å². The van der Waals surface area contributed by atoms with Crippen molar-refractivity contribution in [2.24, 2.45) is 0 Å². The molecule has 0 atom stereocenters. The summed E-state index contributed by atoms with van der Waals surface area (Å²) in [6.07, 6.45) is 0. The summed E-state index contributed by atoms with van der Waals surface area (Å²) in [4.78, 5) is 9.58. The highest BCUT2D eigenvalue weighted by Gasteiger charge is 2.22. The van der Waals surface area contributed by atoms with E-state index in [2.05, 4.69) is 4.72 Å². The number of hydrogen-bond donors (Lipinski definition) is 1. The third-order valence-electron chi connectivity index (χ3n) is 2.91. The van der Waals surface area contributed by atoms with Gasteiger partial charge < -0.3 is 0 Å². The van der Waals surface area contributed by atoms with Gasteiger partial charge in [-0.15, -0.1) is 0 Å². The number of sulfonamides is 1. The van der Waals surface area contributed by atoms with E-state index in [0.29, 0.717) is 5.69 Å². The summed E-state index contributed by atoms with van der Waals surface area (Å²) in [6.45, 7) is 7.80. The number of nitrogens with one attached hydrogen (secondary N) is 1. The third-order valence-corrected chi connectivity index (χ3v) is 3.97. The molecule has 0 unspecified atom stereocenters. The van der Waals surface area contributed by atoms with E-state index in [9.17, 15) is 18.5 Å². The molecule has 112 valence electrons. The number of hydrogen-bond acceptors (Lipinski definition) is 4. The maximum Gasteiger partial charge on any atom is 0.319 e. The van der Waals surface area contributed by atoms with Crippen LogP contribution in [0.4, 0.5) is 5.69 Å². The molecule has 20 heavy (non-hydrogen) atoms. The van der Waals surface area contributed by atoms with Crippen molar-refractivity contribution in [3.05, 3.63) is 39.4 Å². The van der Waals surface area contributed by atoms with Crippen LogP contribution in [0.5, 0.6) is 0 Å². The van der Waals surface area contributed by atoms with E-state index in [-0.39, 0.29) is 11.8 Å². The van der Waals surface area contributed by atoms with E-state index in [4.69, 9.17) is 0 Å². The SMILES string of the molecule is CC(C)c1cccc(C(C)C)c1NS(=O)(=O)C[N+](=O)[O-]. The minimum atomic E-state index is -3.99. The average molecular weight is 300 g/mol. The maximum absolute atomic E-state index is 11.8. The van der Waals surface area contributed by atoms with Gasteiger partial charge in [-0.3, -0.25) is 14.8 Å². The molecule has 1 aromatic rings. The van der Waals surface area contributed by atoms with E-state index in [1.54, 1.807) is 0 Å². The van der Waals surface area contributed by atoms with E-state index in [1.165, 1.54) is 0 Å². The van der Waals surface area contributed by atoms with Crippen LogP contribution in [0.15, 0.2) is 18.2 Å². The second-order valence-corrected chi connectivity index (χ2v) is 6.99. The van der Waals surface area contributed by atoms with Gasteiger partial charge in [0.2, 0.25) is 0 Å². The number of nitrogens with zero attached hydrogens (tertiary/aromatic N) is 1. The first-order chi connectivity index (χ1) is 9.14. The minimum Gasteiger partial charge on any atom is -0.278 e. The molecular weight excluding hydrogens is 280 g/mol. The lowest BCUT2D eigenvalue weighted by Gasteiger charge is -2.19. The fourth-order valence-corrected chi connectivity index (χ4v) is 2.88. The number of anilines is 1. The summed E-state index contributed by atoms with van der Waals surface area (Å²) in [5, 5.41) is 10.4. The fourth-order valence-electron chi connectivity index (χ4n) is 2.00. The zero-order chi connectivity index (χ0) is 15.5. The van der Waals surface area contributed by atoms with Gasteiger partial charge in [0.1, 0.15) is 0 Å². The fraction of sp³-hybridized carbons (Fsp3) is 0.538. The molecular formula is C13H20N2O4S. The van der Waals surface area contributed by atoms with Crippen molar-refractivity contribution in [2.75, 3.05) is 10.6 Å². The highest BCUT2D eigenvalue weighted by molar-refractivity contribution is 7.92. The lowest BCUT2D eigenvalue weighted by molar-refractivity contribution is -0.458. The molecule has 1 rings (SSSR count). The first kappa shape index (κ1) is 16.4. The minimum absolute atomic E-state index is 0.113. The molecule has 0 aliphatic heterocycles. The molecule has 0 radical (unpaired) electrons. The van der Waals surface area contributed by atoms with Crippen molar-refractivity contribution in [1.82, 2.24) is 0 Å². The van der Waals surface area contributed by atoms with E-state index < -0.39 is 20.8 Å². The zero-order valence-electron chi connectivity index (χ0n) is 12.1. The molecule has 0 aromatic heterocycles. The molecule has 0 bridgehead atoms. The summed E-state index contributed by atoms with van der Waals surface area (Å²) < 4.78 is 26.0. The third kappa shape index (κ3) is 4.19. The van der Waals surface area contributed by atoms with Crippen LogP contribution in [0.3, 0.4) is 0 Å². The van der Waals surface area contributed by atoms with Crippen LogP contribution in [-0.4, -0.2) is 19.2 Å². The molecule has 0 aliphatic carbocycles. The van der Waals surface area contributed by atoms with Crippen molar-refractivity contribution in [3.8, 4) is 0 Å². The standard InChI is InChI=1S/C13H20N2O4S/c1-9(2)11-6-5-7-12(10(3)4)13(11)14-20(18,19)8-15(16)17/h5-7,9-10,14H,8H2,1-4H3. The Morgan fingerprint density at radius 2 is 1.60 bits per heavy atom. The Balaban J connectivity index is 3.31. The van der Waals surface area contributed by atoms with Crippen LogP contribution in [0, 0.1) is 10.1 Å². The van der Waals surface area contributed by atoms with Crippen LogP contribution < -0.4 is 4.72 Å². The topological polar surface area (TPSA) is 89.3 Å². The van der Waals surface area contributed by atoms with Crippen molar-refractivity contribution < 1.29 is 13.3 Å². The lowest BCUT2D eigenvalue weighted by atomic mass is 9.93. The largest absolute Gasteiger partial charge is 0.319 e. The van der Waals surface area contributed by atoms with Gasteiger partial charge in [0, 0.05) is 4.92 Å². The Morgan fingerprint density at radius 3 is 1.95 bits per heavy atom. The van der Waals surface area contributed by atoms with Crippen molar-refractivity contribution >= 4 is 15.7 Å². The molecule has 7 heteroatoms. The Hall–Kier alpha value is -1.63. The van der Waals surface area contributed by atoms with E-state index >= 15 is 0 Å². The number of nitro groups is 1. The maximum atomic E-state index is 11.8. The summed E-state index contributed by atoms with van der Waals surface area (Å²) in [5.41, 5.74) is 2.14. The van der Waals surface area contributed by atoms with Gasteiger partial charge >= 0.3 is 5.88 Å². The van der Waals surface area contributed by atoms with Crippen LogP contribution in [0.2, 0.25) is 0 Å². The summed E-state index contributed by atoms with van der Waals surface area (Å²) >= 11 is 0. The first-order valence-corrected chi connectivity index (χ1v) is 8.04. The van der Waals surface area contributed by atoms with Crippen LogP contribution in [0.1, 0.15) is 50.7 Å². The quantitative estimate of drug-likeness (QED) is 0.646. The second kappa shape index (κ2) is 6.21. The first-order valence-electron chi connectivity index (χ1n) is 6.39. The van der Waals surface area contributed by atoms with Crippen molar-refractivity contribution in [2.45, 2.75) is 39.5 Å². The Labute approximate surface area is 119 Å². The molecule has 0 heterocycles.